The Kier molecular flexibility index (Phi) is 6.59. The van der Waals surface area contributed by atoms with Crippen LogP contribution in [0.3, 0.4) is 0 Å². The van der Waals surface area contributed by atoms with Crippen molar-refractivity contribution in [3.8, 4) is 0 Å². The number of nitrogens with one attached hydrogen (secondary N) is 1. The molecule has 0 heterocycles. The van der Waals surface area contributed by atoms with Crippen molar-refractivity contribution in [3.05, 3.63) is 12.2 Å². The molecule has 0 bridgehead atoms. The summed E-state index contributed by atoms with van der Waals surface area (Å²) < 4.78 is 0. The third-order valence-electron chi connectivity index (χ3n) is 1.48. The fraction of sp³-hybridized carbons (Fsp3) is 0.556. The molecule has 2 amide bonds. The van der Waals surface area contributed by atoms with Crippen LogP contribution in [0.15, 0.2) is 12.2 Å². The van der Waals surface area contributed by atoms with Gasteiger partial charge in [-0.1, -0.05) is 19.8 Å². The Hall–Kier alpha value is -1.32. The van der Waals surface area contributed by atoms with Crippen LogP contribution in [0, 0.1) is 0 Å². The lowest BCUT2D eigenvalue weighted by Crippen LogP contribution is -2.22. The first kappa shape index (κ1) is 11.7. The molecule has 0 aliphatic carbocycles. The molecule has 0 saturated carbocycles. The number of unbranched alkanes of at least 4 members (excludes halogenated alkanes) is 2. The van der Waals surface area contributed by atoms with E-state index in [2.05, 4.69) is 12.2 Å². The van der Waals surface area contributed by atoms with Gasteiger partial charge < -0.3 is 11.1 Å². The summed E-state index contributed by atoms with van der Waals surface area (Å²) in [5, 5.41) is 2.64. The number of rotatable bonds is 6. The number of primary amides is 1. The van der Waals surface area contributed by atoms with E-state index < -0.39 is 5.91 Å². The quantitative estimate of drug-likeness (QED) is 0.461. The van der Waals surface area contributed by atoms with E-state index in [-0.39, 0.29) is 5.91 Å². The normalized spacial score (nSPS) is 10.2. The van der Waals surface area contributed by atoms with E-state index in [9.17, 15) is 9.59 Å². The smallest absolute Gasteiger partial charge is 0.244 e. The second kappa shape index (κ2) is 7.34. The number of carbonyl (C=O) groups is 2. The number of carbonyl (C=O) groups excluding carboxylic acids is 2. The molecule has 0 aromatic rings. The lowest BCUT2D eigenvalue weighted by molar-refractivity contribution is -0.117. The minimum absolute atomic E-state index is 0.269. The van der Waals surface area contributed by atoms with Crippen molar-refractivity contribution in [2.75, 3.05) is 6.54 Å². The summed E-state index contributed by atoms with van der Waals surface area (Å²) in [6.45, 7) is 2.74. The van der Waals surface area contributed by atoms with Gasteiger partial charge in [-0.25, -0.2) is 0 Å². The van der Waals surface area contributed by atoms with Gasteiger partial charge in [0.25, 0.3) is 0 Å². The van der Waals surface area contributed by atoms with Crippen molar-refractivity contribution < 1.29 is 9.59 Å². The second-order valence-electron chi connectivity index (χ2n) is 2.73. The van der Waals surface area contributed by atoms with E-state index in [0.29, 0.717) is 6.54 Å². The van der Waals surface area contributed by atoms with Gasteiger partial charge in [0.15, 0.2) is 0 Å². The topological polar surface area (TPSA) is 72.2 Å². The predicted molar refractivity (Wildman–Crippen MR) is 50.9 cm³/mol. The zero-order chi connectivity index (χ0) is 10.1. The van der Waals surface area contributed by atoms with Gasteiger partial charge in [0.1, 0.15) is 0 Å². The summed E-state index contributed by atoms with van der Waals surface area (Å²) >= 11 is 0. The third kappa shape index (κ3) is 8.59. The number of nitrogens with two attached hydrogens (primary N) is 1. The standard InChI is InChI=1S/C9H16N2O2/c1-2-3-4-7-11-9(13)6-5-8(10)12/h5-6H,2-4,7H2,1H3,(H2,10,12)(H,11,13). The van der Waals surface area contributed by atoms with Gasteiger partial charge in [0.05, 0.1) is 0 Å². The maximum atomic E-state index is 10.9. The summed E-state index contributed by atoms with van der Waals surface area (Å²) in [5.74, 6) is -0.876. The van der Waals surface area contributed by atoms with Gasteiger partial charge in [-0.2, -0.15) is 0 Å². The first-order valence-electron chi connectivity index (χ1n) is 4.42. The van der Waals surface area contributed by atoms with E-state index in [1.54, 1.807) is 0 Å². The number of hydrogen-bond donors (Lipinski definition) is 2. The lowest BCUT2D eigenvalue weighted by atomic mass is 10.2. The second-order valence-corrected chi connectivity index (χ2v) is 2.73. The van der Waals surface area contributed by atoms with Crippen LogP contribution >= 0.6 is 0 Å². The third-order valence-corrected chi connectivity index (χ3v) is 1.48. The Balaban J connectivity index is 3.46. The van der Waals surface area contributed by atoms with Gasteiger partial charge in [-0.15, -0.1) is 0 Å². The molecule has 0 spiro atoms. The van der Waals surface area contributed by atoms with Crippen LogP contribution in [-0.2, 0) is 9.59 Å². The van der Waals surface area contributed by atoms with E-state index in [4.69, 9.17) is 5.73 Å². The highest BCUT2D eigenvalue weighted by Crippen LogP contribution is 1.90. The van der Waals surface area contributed by atoms with Crippen molar-refractivity contribution >= 4 is 11.8 Å². The summed E-state index contributed by atoms with van der Waals surface area (Å²) in [7, 11) is 0. The molecule has 0 rings (SSSR count). The number of amides is 2. The van der Waals surface area contributed by atoms with Crippen LogP contribution in [0.4, 0.5) is 0 Å². The van der Waals surface area contributed by atoms with Crippen molar-refractivity contribution in [2.45, 2.75) is 26.2 Å². The van der Waals surface area contributed by atoms with Crippen LogP contribution < -0.4 is 11.1 Å². The molecule has 0 atom stereocenters. The maximum Gasteiger partial charge on any atom is 0.244 e. The average Bonchev–Trinajstić information content (AvgIpc) is 2.09. The lowest BCUT2D eigenvalue weighted by Gasteiger charge is -1.99. The molecular weight excluding hydrogens is 168 g/mol. The summed E-state index contributed by atoms with van der Waals surface area (Å²) in [5.41, 5.74) is 4.81. The Labute approximate surface area is 78.2 Å². The van der Waals surface area contributed by atoms with E-state index in [1.807, 2.05) is 0 Å². The number of hydrogen-bond acceptors (Lipinski definition) is 2. The van der Waals surface area contributed by atoms with Crippen molar-refractivity contribution in [3.63, 3.8) is 0 Å². The van der Waals surface area contributed by atoms with Crippen molar-refractivity contribution in [1.82, 2.24) is 5.32 Å². The Morgan fingerprint density at radius 3 is 2.54 bits per heavy atom. The molecule has 3 N–H and O–H groups in total. The Morgan fingerprint density at radius 2 is 2.00 bits per heavy atom. The van der Waals surface area contributed by atoms with Crippen LogP contribution in [-0.4, -0.2) is 18.4 Å². The molecule has 13 heavy (non-hydrogen) atoms. The highest BCUT2D eigenvalue weighted by Gasteiger charge is 1.94. The van der Waals surface area contributed by atoms with Gasteiger partial charge >= 0.3 is 0 Å². The van der Waals surface area contributed by atoms with E-state index >= 15 is 0 Å². The minimum atomic E-state index is -0.608. The summed E-state index contributed by atoms with van der Waals surface area (Å²) in [6.07, 6.45) is 5.38. The molecule has 0 unspecified atom stereocenters. The summed E-state index contributed by atoms with van der Waals surface area (Å²) in [4.78, 5) is 21.1. The molecule has 4 nitrogen and oxygen atoms in total. The van der Waals surface area contributed by atoms with Crippen molar-refractivity contribution in [1.29, 1.82) is 0 Å². The van der Waals surface area contributed by atoms with Gasteiger partial charge in [0, 0.05) is 18.7 Å². The highest BCUT2D eigenvalue weighted by molar-refractivity contribution is 5.95. The largest absolute Gasteiger partial charge is 0.366 e. The molecular formula is C9H16N2O2. The molecule has 0 aromatic carbocycles. The van der Waals surface area contributed by atoms with Gasteiger partial charge in [-0.3, -0.25) is 9.59 Å². The predicted octanol–water partition coefficient (Wildman–Crippen LogP) is 0.334. The first-order chi connectivity index (χ1) is 6.16. The molecule has 74 valence electrons. The van der Waals surface area contributed by atoms with E-state index in [1.165, 1.54) is 0 Å². The SMILES string of the molecule is CCCCCNC(=O)C=CC(N)=O. The van der Waals surface area contributed by atoms with Crippen LogP contribution in [0.5, 0.6) is 0 Å². The first-order valence-corrected chi connectivity index (χ1v) is 4.42. The Morgan fingerprint density at radius 1 is 1.31 bits per heavy atom. The Bertz CT molecular complexity index is 200. The molecule has 0 radical (unpaired) electrons. The molecule has 0 aliphatic rings. The zero-order valence-corrected chi connectivity index (χ0v) is 7.88. The molecule has 0 fully saturated rings. The maximum absolute atomic E-state index is 10.9. The van der Waals surface area contributed by atoms with Gasteiger partial charge in [-0.05, 0) is 6.42 Å². The fourth-order valence-electron chi connectivity index (χ4n) is 0.803. The molecule has 0 aliphatic heterocycles. The zero-order valence-electron chi connectivity index (χ0n) is 7.88. The van der Waals surface area contributed by atoms with Crippen LogP contribution in [0.1, 0.15) is 26.2 Å². The van der Waals surface area contributed by atoms with Crippen LogP contribution in [0.25, 0.3) is 0 Å². The minimum Gasteiger partial charge on any atom is -0.366 e. The average molecular weight is 184 g/mol. The molecule has 0 aromatic heterocycles. The van der Waals surface area contributed by atoms with Crippen molar-refractivity contribution in [2.24, 2.45) is 5.73 Å². The summed E-state index contributed by atoms with van der Waals surface area (Å²) in [6, 6.07) is 0. The molecule has 4 heteroatoms. The van der Waals surface area contributed by atoms with E-state index in [0.717, 1.165) is 31.4 Å². The highest BCUT2D eigenvalue weighted by atomic mass is 16.2. The fourth-order valence-corrected chi connectivity index (χ4v) is 0.803. The van der Waals surface area contributed by atoms with Gasteiger partial charge in [0.2, 0.25) is 11.8 Å². The molecule has 0 saturated heterocycles. The van der Waals surface area contributed by atoms with Crippen LogP contribution in [0.2, 0.25) is 0 Å². The monoisotopic (exact) mass is 184 g/mol.